The van der Waals surface area contributed by atoms with Crippen molar-refractivity contribution in [3.63, 3.8) is 0 Å². The Morgan fingerprint density at radius 3 is 1.89 bits per heavy atom. The van der Waals surface area contributed by atoms with Gasteiger partial charge in [0, 0.05) is 11.6 Å². The average Bonchev–Trinajstić information content (AvgIpc) is 3.14. The van der Waals surface area contributed by atoms with Crippen molar-refractivity contribution < 1.29 is 93.7 Å². The number of aliphatic hydroxyl groups excluding tert-OH is 8. The lowest BCUT2D eigenvalue weighted by atomic mass is 9.97. The van der Waals surface area contributed by atoms with Crippen molar-refractivity contribution in [1.82, 2.24) is 0 Å². The zero-order valence-electron chi connectivity index (χ0n) is 28.8. The molecule has 3 aliphatic heterocycles. The highest BCUT2D eigenvalue weighted by atomic mass is 16.8. The van der Waals surface area contributed by atoms with Crippen molar-refractivity contribution in [1.29, 1.82) is 0 Å². The average molecular weight is 771 g/mol. The lowest BCUT2D eigenvalue weighted by molar-refractivity contribution is -0.360. The monoisotopic (exact) mass is 770 g/mol. The molecule has 0 spiro atoms. The van der Waals surface area contributed by atoms with Crippen LogP contribution >= 0.6 is 0 Å². The van der Waals surface area contributed by atoms with Gasteiger partial charge in [-0.25, -0.2) is 0 Å². The molecule has 0 unspecified atom stereocenters. The Labute approximate surface area is 305 Å². The lowest BCUT2D eigenvalue weighted by Gasteiger charge is -2.46. The second-order valence-corrected chi connectivity index (χ2v) is 13.2. The predicted octanol–water partition coefficient (Wildman–Crippen LogP) is -2.53. The van der Waals surface area contributed by atoms with E-state index in [4.69, 9.17) is 37.6 Å². The quantitative estimate of drug-likeness (QED) is 0.107. The van der Waals surface area contributed by atoms with E-state index in [0.29, 0.717) is 0 Å². The second-order valence-electron chi connectivity index (χ2n) is 13.2. The Kier molecular flexibility index (Phi) is 11.6. The van der Waals surface area contributed by atoms with Crippen LogP contribution in [-0.2, 0) is 23.7 Å². The number of methoxy groups -OCH3 is 1. The van der Waals surface area contributed by atoms with Crippen LogP contribution in [0.4, 0.5) is 0 Å². The summed E-state index contributed by atoms with van der Waals surface area (Å²) in [4.78, 5) is 14.2. The summed E-state index contributed by atoms with van der Waals surface area (Å²) in [6, 6.07) is 6.18. The van der Waals surface area contributed by atoms with Crippen LogP contribution in [0.2, 0.25) is 0 Å². The van der Waals surface area contributed by atoms with Crippen LogP contribution in [0.25, 0.3) is 22.3 Å². The van der Waals surface area contributed by atoms with Crippen molar-refractivity contribution >= 4 is 11.0 Å². The van der Waals surface area contributed by atoms with E-state index in [1.54, 1.807) is 0 Å². The fourth-order valence-electron chi connectivity index (χ4n) is 6.42. The fourth-order valence-corrected chi connectivity index (χ4v) is 6.42. The first-order chi connectivity index (χ1) is 25.5. The molecule has 6 rings (SSSR count). The van der Waals surface area contributed by atoms with Crippen LogP contribution in [0.15, 0.2) is 39.5 Å². The highest BCUT2D eigenvalue weighted by Gasteiger charge is 2.52. The zero-order valence-corrected chi connectivity index (χ0v) is 28.8. The maximum atomic E-state index is 14.2. The van der Waals surface area contributed by atoms with Crippen LogP contribution in [0.5, 0.6) is 28.7 Å². The minimum atomic E-state index is -2.02. The Balaban J connectivity index is 1.41. The molecule has 3 aliphatic rings. The Bertz CT molecular complexity index is 1830. The molecule has 54 heavy (non-hydrogen) atoms. The first kappa shape index (κ1) is 39.8. The maximum Gasteiger partial charge on any atom is 0.239 e. The molecule has 0 radical (unpaired) electrons. The van der Waals surface area contributed by atoms with Crippen molar-refractivity contribution in [3.8, 4) is 40.1 Å². The number of hydrogen-bond acceptors (Lipinski definition) is 20. The van der Waals surface area contributed by atoms with E-state index < -0.39 is 133 Å². The van der Waals surface area contributed by atoms with Gasteiger partial charge in [-0.05, 0) is 38.1 Å². The number of aliphatic hydroxyl groups is 8. The van der Waals surface area contributed by atoms with Gasteiger partial charge >= 0.3 is 0 Å². The summed E-state index contributed by atoms with van der Waals surface area (Å²) in [5.41, 5.74) is -1.30. The summed E-state index contributed by atoms with van der Waals surface area (Å²) in [7, 11) is 1.12. The van der Waals surface area contributed by atoms with Crippen molar-refractivity contribution in [3.05, 3.63) is 40.6 Å². The van der Waals surface area contributed by atoms with Crippen molar-refractivity contribution in [2.75, 3.05) is 13.7 Å². The van der Waals surface area contributed by atoms with Gasteiger partial charge < -0.3 is 93.7 Å². The van der Waals surface area contributed by atoms with Gasteiger partial charge in [-0.2, -0.15) is 0 Å². The van der Waals surface area contributed by atoms with E-state index in [1.807, 2.05) is 0 Å². The summed E-state index contributed by atoms with van der Waals surface area (Å²) in [6.45, 7) is 2.09. The van der Waals surface area contributed by atoms with Gasteiger partial charge in [0.2, 0.25) is 23.2 Å². The molecule has 3 fully saturated rings. The van der Waals surface area contributed by atoms with E-state index >= 15 is 0 Å². The Morgan fingerprint density at radius 2 is 1.28 bits per heavy atom. The first-order valence-electron chi connectivity index (χ1n) is 16.8. The first-order valence-corrected chi connectivity index (χ1v) is 16.8. The highest BCUT2D eigenvalue weighted by molar-refractivity contribution is 5.91. The summed E-state index contributed by atoms with van der Waals surface area (Å²) >= 11 is 0. The summed E-state index contributed by atoms with van der Waals surface area (Å²) in [5, 5.41) is 115. The Hall–Kier alpha value is -3.87. The van der Waals surface area contributed by atoms with Crippen LogP contribution in [-0.4, -0.2) is 162 Å². The molecule has 0 aliphatic carbocycles. The molecule has 20 heteroatoms. The number of rotatable bonds is 9. The molecular weight excluding hydrogens is 728 g/mol. The fraction of sp³-hybridized carbons (Fsp3) is 0.559. The van der Waals surface area contributed by atoms with Gasteiger partial charge in [-0.15, -0.1) is 0 Å². The molecule has 15 atom stereocenters. The van der Waals surface area contributed by atoms with Crippen LogP contribution in [0.3, 0.4) is 0 Å². The summed E-state index contributed by atoms with van der Waals surface area (Å²) < 4.78 is 45.4. The van der Waals surface area contributed by atoms with E-state index in [0.717, 1.165) is 13.2 Å². The third-order valence-electron chi connectivity index (χ3n) is 9.60. The third-order valence-corrected chi connectivity index (χ3v) is 9.60. The van der Waals surface area contributed by atoms with Gasteiger partial charge in [0.05, 0.1) is 25.9 Å². The molecule has 20 nitrogen and oxygen atoms in total. The SMILES string of the molecule is COc1c(O)cc2oc(-c3ccc(O)cc3)c(O[C@@H]3O[C@H](CO[C@@H]4O[C@@H](C)[C@H](O)[C@@H](O)[C@H]4O)[C@@H](O)[C@H](O)[C@H]3O[C@H]3O[C@@H](C)[C@H](O)[C@@H](O)[C@H]3O)c(=O)c2c1O. The number of ether oxygens (including phenoxy) is 7. The van der Waals surface area contributed by atoms with E-state index in [-0.39, 0.29) is 22.7 Å². The third kappa shape index (κ3) is 7.29. The normalized spacial score (nSPS) is 37.3. The van der Waals surface area contributed by atoms with Crippen LogP contribution in [0, 0.1) is 0 Å². The van der Waals surface area contributed by atoms with Gasteiger partial charge in [0.15, 0.2) is 35.9 Å². The minimum Gasteiger partial charge on any atom is -0.508 e. The number of phenolic OH excluding ortho intramolecular Hbond substituents is 3. The number of aromatic hydroxyl groups is 3. The van der Waals surface area contributed by atoms with E-state index in [9.17, 15) is 61.0 Å². The second kappa shape index (κ2) is 15.7. The Morgan fingerprint density at radius 1 is 0.685 bits per heavy atom. The molecular formula is C34H42O20. The molecule has 1 aromatic heterocycles. The van der Waals surface area contributed by atoms with E-state index in [2.05, 4.69) is 0 Å². The molecule has 3 aromatic rings. The number of benzene rings is 2. The van der Waals surface area contributed by atoms with Gasteiger partial charge in [-0.1, -0.05) is 0 Å². The number of fused-ring (bicyclic) bond motifs is 1. The van der Waals surface area contributed by atoms with Gasteiger partial charge in [-0.3, -0.25) is 4.79 Å². The van der Waals surface area contributed by atoms with Gasteiger partial charge in [0.25, 0.3) is 0 Å². The largest absolute Gasteiger partial charge is 0.508 e. The van der Waals surface area contributed by atoms with Crippen LogP contribution in [0.1, 0.15) is 13.8 Å². The van der Waals surface area contributed by atoms with Crippen molar-refractivity contribution in [2.45, 2.75) is 106 Å². The molecule has 3 saturated heterocycles. The van der Waals surface area contributed by atoms with Crippen molar-refractivity contribution in [2.24, 2.45) is 0 Å². The minimum absolute atomic E-state index is 0.112. The number of phenols is 3. The van der Waals surface area contributed by atoms with E-state index in [1.165, 1.54) is 38.1 Å². The summed E-state index contributed by atoms with van der Waals surface area (Å²) in [5.74, 6) is -3.13. The highest BCUT2D eigenvalue weighted by Crippen LogP contribution is 2.44. The molecule has 11 N–H and O–H groups in total. The standard InChI is InChI=1S/C34H42O20/c1-10-18(37)23(42)26(45)32(49-10)48-9-16-20(39)25(44)31(54-33-27(46)24(43)19(38)11(2)50-33)34(52-16)53-30-22(41)17-15(8-14(36)29(47-3)21(17)40)51-28(30)12-4-6-13(35)7-5-12/h4-8,10-11,16,18-20,23-27,31-40,42-46H,9H2,1-3H3/t10-,11-,16+,18-,19-,20+,23+,24+,25-,26+,27+,31+,32+,33+,34-/m0/s1. The topological polar surface area (TPSA) is 317 Å². The zero-order chi connectivity index (χ0) is 39.3. The number of hydrogen-bond donors (Lipinski definition) is 11. The van der Waals surface area contributed by atoms with Gasteiger partial charge in [0.1, 0.15) is 71.7 Å². The molecule has 2 aromatic carbocycles. The smallest absolute Gasteiger partial charge is 0.239 e. The molecule has 4 heterocycles. The predicted molar refractivity (Wildman–Crippen MR) is 176 cm³/mol. The lowest BCUT2D eigenvalue weighted by Crippen LogP contribution is -2.65. The molecule has 298 valence electrons. The molecule has 0 amide bonds. The molecule has 0 bridgehead atoms. The summed E-state index contributed by atoms with van der Waals surface area (Å²) in [6.07, 6.45) is -24.9. The van der Waals surface area contributed by atoms with Crippen LogP contribution < -0.4 is 14.9 Å². The maximum absolute atomic E-state index is 14.2. The molecule has 0 saturated carbocycles.